The molecule has 1 heterocycles. The number of aromatic amines is 1. The van der Waals surface area contributed by atoms with Crippen molar-refractivity contribution < 1.29 is 14.3 Å². The maximum Gasteiger partial charge on any atom is 0.354 e. The number of benzene rings is 1. The number of methoxy groups -OCH3 is 1. The van der Waals surface area contributed by atoms with E-state index in [-0.39, 0.29) is 11.6 Å². The van der Waals surface area contributed by atoms with Crippen molar-refractivity contribution in [2.24, 2.45) is 0 Å². The van der Waals surface area contributed by atoms with E-state index in [2.05, 4.69) is 15.0 Å². The van der Waals surface area contributed by atoms with Crippen LogP contribution in [0.3, 0.4) is 0 Å². The Kier molecular flexibility index (Phi) is 3.66. The summed E-state index contributed by atoms with van der Waals surface area (Å²) in [5.41, 5.74) is 1.90. The number of aromatic nitrogens is 1. The Morgan fingerprint density at radius 3 is 2.79 bits per heavy atom. The number of carbonyl (C=O) groups is 2. The molecule has 2 rings (SSSR count). The predicted octanol–water partition coefficient (Wildman–Crippen LogP) is 1.82. The zero-order chi connectivity index (χ0) is 13.8. The Hall–Kier alpha value is -2.56. The molecule has 0 aliphatic heterocycles. The number of nitrogens with one attached hydrogen (secondary N) is 2. The summed E-state index contributed by atoms with van der Waals surface area (Å²) in [7, 11) is 1.27. The number of ether oxygens (including phenoxy) is 1. The second-order valence-corrected chi connectivity index (χ2v) is 4.02. The first-order valence-corrected chi connectivity index (χ1v) is 5.75. The number of hydrogen-bond donors (Lipinski definition) is 2. The van der Waals surface area contributed by atoms with Gasteiger partial charge in [0.2, 0.25) is 5.91 Å². The van der Waals surface area contributed by atoms with Gasteiger partial charge in [-0.05, 0) is 23.8 Å². The van der Waals surface area contributed by atoms with Gasteiger partial charge < -0.3 is 15.0 Å². The second-order valence-electron chi connectivity index (χ2n) is 4.02. The molecule has 0 atom stereocenters. The van der Waals surface area contributed by atoms with Crippen molar-refractivity contribution in [2.75, 3.05) is 7.11 Å². The van der Waals surface area contributed by atoms with Crippen LogP contribution in [0.15, 0.2) is 36.2 Å². The largest absolute Gasteiger partial charge is 0.464 e. The van der Waals surface area contributed by atoms with Gasteiger partial charge in [-0.3, -0.25) is 4.79 Å². The van der Waals surface area contributed by atoms with Gasteiger partial charge in [-0.2, -0.15) is 0 Å². The van der Waals surface area contributed by atoms with Crippen LogP contribution in [0.1, 0.15) is 12.5 Å². The summed E-state index contributed by atoms with van der Waals surface area (Å²) >= 11 is 0. The van der Waals surface area contributed by atoms with E-state index < -0.39 is 5.97 Å². The number of hydrogen-bond acceptors (Lipinski definition) is 3. The van der Waals surface area contributed by atoms with Crippen molar-refractivity contribution in [3.63, 3.8) is 0 Å². The number of carbonyl (C=O) groups excluding carboxylic acids is 2. The van der Waals surface area contributed by atoms with Gasteiger partial charge >= 0.3 is 5.97 Å². The lowest BCUT2D eigenvalue weighted by Crippen LogP contribution is -2.25. The summed E-state index contributed by atoms with van der Waals surface area (Å²) in [6.45, 7) is 1.34. The van der Waals surface area contributed by atoms with E-state index in [0.717, 1.165) is 16.5 Å². The Balaban J connectivity index is 2.48. The fourth-order valence-electron chi connectivity index (χ4n) is 1.84. The molecule has 0 aliphatic carbocycles. The number of H-pyrrole nitrogens is 1. The highest BCUT2D eigenvalue weighted by Gasteiger charge is 2.12. The number of amides is 1. The highest BCUT2D eigenvalue weighted by molar-refractivity contribution is 6.00. The van der Waals surface area contributed by atoms with Crippen molar-refractivity contribution in [1.29, 1.82) is 0 Å². The van der Waals surface area contributed by atoms with Gasteiger partial charge in [-0.25, -0.2) is 4.79 Å². The number of fused-ring (bicyclic) bond motifs is 1. The third-order valence-electron chi connectivity index (χ3n) is 2.64. The molecular formula is C14H14N2O3. The van der Waals surface area contributed by atoms with Crippen LogP contribution in [0.4, 0.5) is 0 Å². The smallest absolute Gasteiger partial charge is 0.354 e. The van der Waals surface area contributed by atoms with Crippen LogP contribution < -0.4 is 5.32 Å². The van der Waals surface area contributed by atoms with Gasteiger partial charge in [0.05, 0.1) is 7.11 Å². The van der Waals surface area contributed by atoms with Gasteiger partial charge in [0.1, 0.15) is 5.70 Å². The first-order chi connectivity index (χ1) is 9.11. The molecule has 0 unspecified atom stereocenters. The van der Waals surface area contributed by atoms with Crippen LogP contribution in [0.25, 0.3) is 17.0 Å². The normalized spacial score (nSPS) is 11.4. The van der Waals surface area contributed by atoms with Gasteiger partial charge in [0.25, 0.3) is 0 Å². The molecule has 1 aromatic heterocycles. The van der Waals surface area contributed by atoms with E-state index in [1.165, 1.54) is 14.0 Å². The summed E-state index contributed by atoms with van der Waals surface area (Å²) < 4.78 is 4.65. The van der Waals surface area contributed by atoms with Crippen LogP contribution in [0, 0.1) is 0 Å². The number of esters is 1. The lowest BCUT2D eigenvalue weighted by Gasteiger charge is -2.06. The van der Waals surface area contributed by atoms with Crippen molar-refractivity contribution in [1.82, 2.24) is 10.3 Å². The highest BCUT2D eigenvalue weighted by Crippen LogP contribution is 2.19. The summed E-state index contributed by atoms with van der Waals surface area (Å²) in [6, 6.07) is 7.57. The monoisotopic (exact) mass is 258 g/mol. The third kappa shape index (κ3) is 2.82. The van der Waals surface area contributed by atoms with Crippen LogP contribution >= 0.6 is 0 Å². The summed E-state index contributed by atoms with van der Waals surface area (Å²) in [5.74, 6) is -0.902. The quantitative estimate of drug-likeness (QED) is 0.651. The predicted molar refractivity (Wildman–Crippen MR) is 72.1 cm³/mol. The first kappa shape index (κ1) is 12.9. The SMILES string of the molecule is COC(=O)/C(=C/c1cccc2[nH]ccc12)NC(C)=O. The van der Waals surface area contributed by atoms with Crippen LogP contribution in [-0.4, -0.2) is 24.0 Å². The van der Waals surface area contributed by atoms with E-state index in [1.54, 1.807) is 6.08 Å². The maximum atomic E-state index is 11.6. The van der Waals surface area contributed by atoms with Gasteiger partial charge in [-0.15, -0.1) is 0 Å². The first-order valence-electron chi connectivity index (χ1n) is 5.75. The average molecular weight is 258 g/mol. The molecule has 0 saturated carbocycles. The molecule has 0 aliphatic rings. The van der Waals surface area contributed by atoms with Crippen LogP contribution in [0.5, 0.6) is 0 Å². The molecule has 0 saturated heterocycles. The summed E-state index contributed by atoms with van der Waals surface area (Å²) in [5, 5.41) is 3.44. The van der Waals surface area contributed by atoms with E-state index >= 15 is 0 Å². The average Bonchev–Trinajstić information content (AvgIpc) is 2.85. The lowest BCUT2D eigenvalue weighted by molar-refractivity contribution is -0.137. The molecule has 1 aromatic carbocycles. The van der Waals surface area contributed by atoms with E-state index in [4.69, 9.17) is 0 Å². The molecule has 0 radical (unpaired) electrons. The Labute approximate surface area is 110 Å². The van der Waals surface area contributed by atoms with Crippen molar-refractivity contribution in [2.45, 2.75) is 6.92 Å². The topological polar surface area (TPSA) is 71.2 Å². The minimum atomic E-state index is -0.581. The second kappa shape index (κ2) is 5.39. The Bertz CT molecular complexity index is 656. The molecule has 0 spiro atoms. The molecular weight excluding hydrogens is 244 g/mol. The molecule has 98 valence electrons. The van der Waals surface area contributed by atoms with E-state index in [0.29, 0.717) is 0 Å². The molecule has 19 heavy (non-hydrogen) atoms. The fraction of sp³-hybridized carbons (Fsp3) is 0.143. The van der Waals surface area contributed by atoms with E-state index in [9.17, 15) is 9.59 Å². The molecule has 0 fully saturated rings. The molecule has 2 N–H and O–H groups in total. The van der Waals surface area contributed by atoms with Crippen molar-refractivity contribution in [3.8, 4) is 0 Å². The van der Waals surface area contributed by atoms with Crippen LogP contribution in [-0.2, 0) is 14.3 Å². The zero-order valence-corrected chi connectivity index (χ0v) is 10.7. The highest BCUT2D eigenvalue weighted by atomic mass is 16.5. The zero-order valence-electron chi connectivity index (χ0n) is 10.7. The van der Waals surface area contributed by atoms with Gasteiger partial charge in [0.15, 0.2) is 0 Å². The van der Waals surface area contributed by atoms with E-state index in [1.807, 2.05) is 30.5 Å². The lowest BCUT2D eigenvalue weighted by atomic mass is 10.1. The maximum absolute atomic E-state index is 11.6. The van der Waals surface area contributed by atoms with Gasteiger partial charge in [-0.1, -0.05) is 12.1 Å². The minimum absolute atomic E-state index is 0.115. The van der Waals surface area contributed by atoms with Gasteiger partial charge in [0, 0.05) is 24.0 Å². The van der Waals surface area contributed by atoms with Crippen molar-refractivity contribution >= 4 is 28.9 Å². The Morgan fingerprint density at radius 1 is 1.32 bits per heavy atom. The Morgan fingerprint density at radius 2 is 2.11 bits per heavy atom. The molecule has 2 aromatic rings. The fourth-order valence-corrected chi connectivity index (χ4v) is 1.84. The summed E-state index contributed by atoms with van der Waals surface area (Å²) in [4.78, 5) is 25.8. The molecule has 5 heteroatoms. The standard InChI is InChI=1S/C14H14N2O3/c1-9(17)16-13(14(18)19-2)8-10-4-3-5-12-11(10)6-7-15-12/h3-8,15H,1-2H3,(H,16,17)/b13-8-. The number of rotatable bonds is 3. The van der Waals surface area contributed by atoms with Crippen molar-refractivity contribution in [3.05, 3.63) is 41.7 Å². The minimum Gasteiger partial charge on any atom is -0.464 e. The molecule has 5 nitrogen and oxygen atoms in total. The molecule has 1 amide bonds. The summed E-state index contributed by atoms with van der Waals surface area (Å²) in [6.07, 6.45) is 3.42. The molecule has 0 bridgehead atoms. The van der Waals surface area contributed by atoms with Crippen LogP contribution in [0.2, 0.25) is 0 Å². The third-order valence-corrected chi connectivity index (χ3v) is 2.64.